The van der Waals surface area contributed by atoms with Gasteiger partial charge in [-0.1, -0.05) is 0 Å². The minimum Gasteiger partial charge on any atom is -0.381 e. The molecule has 92 valence electrons. The molecule has 17 heavy (non-hydrogen) atoms. The highest BCUT2D eigenvalue weighted by molar-refractivity contribution is 9.10. The molecule has 5 heteroatoms. The van der Waals surface area contributed by atoms with Gasteiger partial charge in [0.05, 0.1) is 17.1 Å². The molecule has 1 aromatic heterocycles. The van der Waals surface area contributed by atoms with Crippen molar-refractivity contribution in [3.8, 4) is 0 Å². The lowest BCUT2D eigenvalue weighted by Gasteiger charge is -2.17. The van der Waals surface area contributed by atoms with Crippen molar-refractivity contribution in [3.63, 3.8) is 0 Å². The number of carbonyl (C=O) groups is 1. The summed E-state index contributed by atoms with van der Waals surface area (Å²) in [7, 11) is 0. The molecule has 0 spiro atoms. The molecule has 2 aliphatic rings. The van der Waals surface area contributed by atoms with Gasteiger partial charge in [0, 0.05) is 31.8 Å². The van der Waals surface area contributed by atoms with Crippen LogP contribution in [0.4, 0.5) is 0 Å². The molecular weight excluding hydrogens is 284 g/mol. The van der Waals surface area contributed by atoms with Gasteiger partial charge < -0.3 is 10.1 Å². The van der Waals surface area contributed by atoms with E-state index in [1.165, 1.54) is 5.56 Å². The zero-order valence-electron chi connectivity index (χ0n) is 9.54. The van der Waals surface area contributed by atoms with E-state index in [-0.39, 0.29) is 11.8 Å². The average molecular weight is 299 g/mol. The lowest BCUT2D eigenvalue weighted by atomic mass is 10.1. The van der Waals surface area contributed by atoms with E-state index in [2.05, 4.69) is 27.3 Å². The van der Waals surface area contributed by atoms with Crippen LogP contribution < -0.4 is 5.32 Å². The van der Waals surface area contributed by atoms with Crippen molar-refractivity contribution in [2.45, 2.75) is 19.4 Å². The standard InChI is InChI=1S/C12H15BrN2O2/c13-11-5-9-6-14-3-1-10(9)15(11)12(16)8-2-4-17-7-8/h5,8,14H,1-4,6-7H2. The smallest absolute Gasteiger partial charge is 0.237 e. The second kappa shape index (κ2) is 4.55. The average Bonchev–Trinajstić information content (AvgIpc) is 2.94. The summed E-state index contributed by atoms with van der Waals surface area (Å²) in [4.78, 5) is 12.4. The van der Waals surface area contributed by atoms with Gasteiger partial charge in [-0.2, -0.15) is 0 Å². The number of nitrogens with zero attached hydrogens (tertiary/aromatic N) is 1. The first-order chi connectivity index (χ1) is 8.27. The first kappa shape index (κ1) is 11.4. The van der Waals surface area contributed by atoms with E-state index in [1.54, 1.807) is 0 Å². The summed E-state index contributed by atoms with van der Waals surface area (Å²) in [5.41, 5.74) is 2.39. The van der Waals surface area contributed by atoms with Gasteiger partial charge in [0.25, 0.3) is 0 Å². The fraction of sp³-hybridized carbons (Fsp3) is 0.583. The van der Waals surface area contributed by atoms with Crippen LogP contribution in [0.15, 0.2) is 10.7 Å². The molecule has 4 nitrogen and oxygen atoms in total. The number of hydrogen-bond acceptors (Lipinski definition) is 3. The molecule has 0 bridgehead atoms. The third-order valence-electron chi connectivity index (χ3n) is 3.50. The van der Waals surface area contributed by atoms with E-state index in [0.29, 0.717) is 13.2 Å². The molecule has 1 N–H and O–H groups in total. The molecule has 0 aliphatic carbocycles. The zero-order chi connectivity index (χ0) is 11.8. The molecule has 1 saturated heterocycles. The van der Waals surface area contributed by atoms with Crippen LogP contribution in [0.2, 0.25) is 0 Å². The minimum atomic E-state index is 0.0256. The number of fused-ring (bicyclic) bond motifs is 1. The third kappa shape index (κ3) is 1.96. The van der Waals surface area contributed by atoms with Gasteiger partial charge in [0.15, 0.2) is 0 Å². The predicted octanol–water partition coefficient (Wildman–Crippen LogP) is 1.57. The van der Waals surface area contributed by atoms with Gasteiger partial charge in [-0.05, 0) is 34.0 Å². The molecule has 3 rings (SSSR count). The second-order valence-corrected chi connectivity index (χ2v) is 5.41. The maximum absolute atomic E-state index is 12.4. The van der Waals surface area contributed by atoms with E-state index >= 15 is 0 Å². The highest BCUT2D eigenvalue weighted by atomic mass is 79.9. The van der Waals surface area contributed by atoms with Crippen LogP contribution in [-0.2, 0) is 17.7 Å². The number of ether oxygens (including phenoxy) is 1. The monoisotopic (exact) mass is 298 g/mol. The van der Waals surface area contributed by atoms with Crippen LogP contribution in [-0.4, -0.2) is 30.2 Å². The molecule has 0 aromatic carbocycles. The maximum Gasteiger partial charge on any atom is 0.237 e. The summed E-state index contributed by atoms with van der Waals surface area (Å²) < 4.78 is 8.02. The molecule has 1 aromatic rings. The Morgan fingerprint density at radius 2 is 2.47 bits per heavy atom. The predicted molar refractivity (Wildman–Crippen MR) is 67.1 cm³/mol. The van der Waals surface area contributed by atoms with Crippen LogP contribution in [0.3, 0.4) is 0 Å². The Morgan fingerprint density at radius 3 is 3.24 bits per heavy atom. The summed E-state index contributed by atoms with van der Waals surface area (Å²) in [5.74, 6) is 0.204. The van der Waals surface area contributed by atoms with Crippen molar-refractivity contribution in [1.82, 2.24) is 9.88 Å². The number of nitrogens with one attached hydrogen (secondary N) is 1. The number of hydrogen-bond donors (Lipinski definition) is 1. The highest BCUT2D eigenvalue weighted by Gasteiger charge is 2.29. The van der Waals surface area contributed by atoms with Crippen molar-refractivity contribution in [1.29, 1.82) is 0 Å². The van der Waals surface area contributed by atoms with Crippen LogP contribution in [0, 0.1) is 5.92 Å². The number of rotatable bonds is 1. The van der Waals surface area contributed by atoms with E-state index in [4.69, 9.17) is 4.74 Å². The SMILES string of the molecule is O=C(C1CCOC1)n1c(Br)cc2c1CCNC2. The van der Waals surface area contributed by atoms with E-state index in [1.807, 2.05) is 4.57 Å². The lowest BCUT2D eigenvalue weighted by molar-refractivity contribution is 0.0808. The first-order valence-electron chi connectivity index (χ1n) is 5.99. The van der Waals surface area contributed by atoms with Crippen LogP contribution in [0.5, 0.6) is 0 Å². The minimum absolute atomic E-state index is 0.0256. The quantitative estimate of drug-likeness (QED) is 0.856. The topological polar surface area (TPSA) is 43.3 Å². The maximum atomic E-state index is 12.4. The van der Waals surface area contributed by atoms with Gasteiger partial charge in [0.1, 0.15) is 0 Å². The number of aromatic nitrogens is 1. The van der Waals surface area contributed by atoms with Crippen molar-refractivity contribution in [3.05, 3.63) is 21.9 Å². The molecule has 1 atom stereocenters. The van der Waals surface area contributed by atoms with Crippen LogP contribution in [0.1, 0.15) is 22.5 Å². The van der Waals surface area contributed by atoms with Gasteiger partial charge in [-0.15, -0.1) is 0 Å². The van der Waals surface area contributed by atoms with E-state index in [9.17, 15) is 4.79 Å². The molecule has 0 amide bonds. The van der Waals surface area contributed by atoms with Gasteiger partial charge in [-0.3, -0.25) is 9.36 Å². The zero-order valence-corrected chi connectivity index (χ0v) is 11.1. The Balaban J connectivity index is 1.96. The molecule has 0 radical (unpaired) electrons. The van der Waals surface area contributed by atoms with Crippen molar-refractivity contribution in [2.75, 3.05) is 19.8 Å². The summed E-state index contributed by atoms with van der Waals surface area (Å²) in [6.45, 7) is 3.07. The lowest BCUT2D eigenvalue weighted by Crippen LogP contribution is -2.29. The molecule has 0 saturated carbocycles. The molecule has 1 fully saturated rings. The Kier molecular flexibility index (Phi) is 3.06. The normalized spacial score (nSPS) is 23.7. The second-order valence-electron chi connectivity index (χ2n) is 4.60. The number of halogens is 1. The largest absolute Gasteiger partial charge is 0.381 e. The summed E-state index contributed by atoms with van der Waals surface area (Å²) in [5, 5.41) is 3.32. The molecule has 3 heterocycles. The van der Waals surface area contributed by atoms with Crippen molar-refractivity contribution in [2.24, 2.45) is 5.92 Å². The van der Waals surface area contributed by atoms with E-state index in [0.717, 1.165) is 36.2 Å². The van der Waals surface area contributed by atoms with Gasteiger partial charge in [-0.25, -0.2) is 0 Å². The van der Waals surface area contributed by atoms with E-state index < -0.39 is 0 Å². The fourth-order valence-corrected chi connectivity index (χ4v) is 3.23. The Bertz CT molecular complexity index is 450. The van der Waals surface area contributed by atoms with Crippen LogP contribution >= 0.6 is 15.9 Å². The molecular formula is C12H15BrN2O2. The van der Waals surface area contributed by atoms with Crippen LogP contribution in [0.25, 0.3) is 0 Å². The molecule has 2 aliphatic heterocycles. The molecule has 1 unspecified atom stereocenters. The van der Waals surface area contributed by atoms with Crippen molar-refractivity contribution >= 4 is 21.8 Å². The summed E-state index contributed by atoms with van der Waals surface area (Å²) >= 11 is 3.50. The fourth-order valence-electron chi connectivity index (χ4n) is 2.57. The number of carbonyl (C=O) groups excluding carboxylic acids is 1. The first-order valence-corrected chi connectivity index (χ1v) is 6.78. The Hall–Kier alpha value is -0.650. The third-order valence-corrected chi connectivity index (χ3v) is 4.08. The summed E-state index contributed by atoms with van der Waals surface area (Å²) in [6, 6.07) is 2.05. The summed E-state index contributed by atoms with van der Waals surface area (Å²) in [6.07, 6.45) is 1.76. The van der Waals surface area contributed by atoms with Gasteiger partial charge in [0.2, 0.25) is 5.91 Å². The van der Waals surface area contributed by atoms with Crippen molar-refractivity contribution < 1.29 is 9.53 Å². The highest BCUT2D eigenvalue weighted by Crippen LogP contribution is 2.26. The van der Waals surface area contributed by atoms with Gasteiger partial charge >= 0.3 is 0 Å². The Labute approximate surface area is 108 Å². The Morgan fingerprint density at radius 1 is 1.59 bits per heavy atom.